The Morgan fingerprint density at radius 1 is 1.53 bits per heavy atom. The molecule has 0 aliphatic heterocycles. The Labute approximate surface area is 106 Å². The van der Waals surface area contributed by atoms with Gasteiger partial charge in [-0.3, -0.25) is 4.79 Å². The molecule has 0 spiro atoms. The van der Waals surface area contributed by atoms with Crippen LogP contribution in [-0.4, -0.2) is 22.4 Å². The van der Waals surface area contributed by atoms with E-state index in [1.165, 1.54) is 0 Å². The van der Waals surface area contributed by atoms with Crippen LogP contribution in [0.4, 0.5) is 5.82 Å². The summed E-state index contributed by atoms with van der Waals surface area (Å²) in [6, 6.07) is 1.67. The Bertz CT molecular complexity index is 384. The molecule has 0 fully saturated rings. The van der Waals surface area contributed by atoms with E-state index < -0.39 is 0 Å². The van der Waals surface area contributed by atoms with Crippen molar-refractivity contribution in [3.05, 3.63) is 17.0 Å². The summed E-state index contributed by atoms with van der Waals surface area (Å²) in [7, 11) is 0. The highest BCUT2D eigenvalue weighted by atomic mass is 35.5. The third-order valence-corrected chi connectivity index (χ3v) is 2.31. The van der Waals surface area contributed by atoms with Crippen molar-refractivity contribution in [2.45, 2.75) is 32.6 Å². The maximum Gasteiger partial charge on any atom is 0.217 e. The quantitative estimate of drug-likeness (QED) is 0.575. The van der Waals surface area contributed by atoms with E-state index in [-0.39, 0.29) is 5.91 Å². The number of primary amides is 1. The van der Waals surface area contributed by atoms with Crippen LogP contribution in [-0.2, 0) is 11.2 Å². The molecule has 94 valence electrons. The number of anilines is 1. The Balaban J connectivity index is 2.49. The number of amides is 1. The zero-order valence-electron chi connectivity index (χ0n) is 9.87. The van der Waals surface area contributed by atoms with Crippen molar-refractivity contribution >= 4 is 23.3 Å². The molecule has 1 aromatic rings. The number of carbonyl (C=O) groups excluding carboxylic acids is 1. The zero-order valence-corrected chi connectivity index (χ0v) is 10.6. The van der Waals surface area contributed by atoms with Crippen LogP contribution in [0.25, 0.3) is 0 Å². The van der Waals surface area contributed by atoms with E-state index in [2.05, 4.69) is 22.2 Å². The van der Waals surface area contributed by atoms with Gasteiger partial charge in [-0.05, 0) is 12.8 Å². The molecule has 0 aromatic carbocycles. The number of hydrogen-bond donors (Lipinski definition) is 2. The highest BCUT2D eigenvalue weighted by Gasteiger charge is 2.02. The fourth-order valence-corrected chi connectivity index (χ4v) is 1.57. The third kappa shape index (κ3) is 5.49. The summed E-state index contributed by atoms with van der Waals surface area (Å²) < 4.78 is 0. The first-order valence-electron chi connectivity index (χ1n) is 5.67. The molecule has 1 heterocycles. The van der Waals surface area contributed by atoms with Crippen LogP contribution in [0.15, 0.2) is 6.07 Å². The Kier molecular flexibility index (Phi) is 5.69. The Hall–Kier alpha value is -1.36. The number of nitrogens with two attached hydrogens (primary N) is 1. The molecule has 0 radical (unpaired) electrons. The second-order valence-electron chi connectivity index (χ2n) is 3.74. The summed E-state index contributed by atoms with van der Waals surface area (Å²) in [4.78, 5) is 19.0. The molecule has 1 amide bonds. The van der Waals surface area contributed by atoms with Crippen molar-refractivity contribution in [2.24, 2.45) is 5.73 Å². The van der Waals surface area contributed by atoms with Gasteiger partial charge in [-0.1, -0.05) is 18.5 Å². The molecule has 0 saturated heterocycles. The van der Waals surface area contributed by atoms with Gasteiger partial charge in [0.15, 0.2) is 0 Å². The van der Waals surface area contributed by atoms with Crippen LogP contribution in [0.3, 0.4) is 0 Å². The average Bonchev–Trinajstić information content (AvgIpc) is 2.24. The highest BCUT2D eigenvalue weighted by Crippen LogP contribution is 2.12. The minimum atomic E-state index is -0.292. The van der Waals surface area contributed by atoms with Crippen molar-refractivity contribution in [1.29, 1.82) is 0 Å². The van der Waals surface area contributed by atoms with E-state index in [0.717, 1.165) is 18.7 Å². The lowest BCUT2D eigenvalue weighted by Gasteiger charge is -2.06. The molecule has 0 atom stereocenters. The van der Waals surface area contributed by atoms with Gasteiger partial charge in [0.05, 0.1) is 0 Å². The number of rotatable bonds is 7. The first-order chi connectivity index (χ1) is 8.11. The van der Waals surface area contributed by atoms with Crippen LogP contribution in [0.1, 0.15) is 32.0 Å². The lowest BCUT2D eigenvalue weighted by atomic mass is 10.3. The number of aromatic nitrogens is 2. The molecule has 0 aliphatic rings. The van der Waals surface area contributed by atoms with Gasteiger partial charge in [0, 0.05) is 25.5 Å². The number of hydrogen-bond acceptors (Lipinski definition) is 4. The van der Waals surface area contributed by atoms with Gasteiger partial charge in [-0.25, -0.2) is 9.97 Å². The Morgan fingerprint density at radius 2 is 2.29 bits per heavy atom. The van der Waals surface area contributed by atoms with E-state index in [9.17, 15) is 4.79 Å². The van der Waals surface area contributed by atoms with E-state index in [1.807, 2.05) is 0 Å². The molecule has 0 unspecified atom stereocenters. The second kappa shape index (κ2) is 7.06. The van der Waals surface area contributed by atoms with Gasteiger partial charge < -0.3 is 11.1 Å². The van der Waals surface area contributed by atoms with E-state index >= 15 is 0 Å². The third-order valence-electron chi connectivity index (χ3n) is 2.12. The molecule has 0 bridgehead atoms. The summed E-state index contributed by atoms with van der Waals surface area (Å²) in [5.74, 6) is 1.13. The minimum Gasteiger partial charge on any atom is -0.370 e. The molecule has 0 saturated carbocycles. The standard InChI is InChI=1S/C11H17ClN4O/c1-2-4-10-15-8(12)7-11(16-10)14-6-3-5-9(13)17/h7H,2-6H2,1H3,(H2,13,17)(H,14,15,16). The SMILES string of the molecule is CCCc1nc(Cl)cc(NCCCC(N)=O)n1. The smallest absolute Gasteiger partial charge is 0.217 e. The second-order valence-corrected chi connectivity index (χ2v) is 4.13. The van der Waals surface area contributed by atoms with Gasteiger partial charge in [0.1, 0.15) is 16.8 Å². The van der Waals surface area contributed by atoms with Crippen LogP contribution in [0.5, 0.6) is 0 Å². The molecule has 5 nitrogen and oxygen atoms in total. The van der Waals surface area contributed by atoms with Crippen molar-refractivity contribution in [2.75, 3.05) is 11.9 Å². The van der Waals surface area contributed by atoms with Gasteiger partial charge in [0.25, 0.3) is 0 Å². The number of halogens is 1. The van der Waals surface area contributed by atoms with Gasteiger partial charge in [-0.15, -0.1) is 0 Å². The van der Waals surface area contributed by atoms with Crippen molar-refractivity contribution in [3.63, 3.8) is 0 Å². The summed E-state index contributed by atoms with van der Waals surface area (Å²) in [6.07, 6.45) is 2.83. The van der Waals surface area contributed by atoms with Crippen LogP contribution in [0.2, 0.25) is 5.15 Å². The predicted molar refractivity (Wildman–Crippen MR) is 68.0 cm³/mol. The van der Waals surface area contributed by atoms with Crippen LogP contribution in [0, 0.1) is 0 Å². The highest BCUT2D eigenvalue weighted by molar-refractivity contribution is 6.29. The molecular weight excluding hydrogens is 240 g/mol. The van der Waals surface area contributed by atoms with E-state index in [0.29, 0.717) is 30.4 Å². The Morgan fingerprint density at radius 3 is 2.94 bits per heavy atom. The zero-order chi connectivity index (χ0) is 12.7. The normalized spacial score (nSPS) is 10.2. The first-order valence-corrected chi connectivity index (χ1v) is 6.05. The summed E-state index contributed by atoms with van der Waals surface area (Å²) >= 11 is 5.88. The number of nitrogens with zero attached hydrogens (tertiary/aromatic N) is 2. The summed E-state index contributed by atoms with van der Waals surface area (Å²) in [5.41, 5.74) is 5.05. The van der Waals surface area contributed by atoms with Crippen LogP contribution < -0.4 is 11.1 Å². The number of carbonyl (C=O) groups is 1. The molecular formula is C11H17ClN4O. The van der Waals surface area contributed by atoms with Crippen molar-refractivity contribution in [1.82, 2.24) is 9.97 Å². The van der Waals surface area contributed by atoms with E-state index in [4.69, 9.17) is 17.3 Å². The average molecular weight is 257 g/mol. The van der Waals surface area contributed by atoms with Gasteiger partial charge in [-0.2, -0.15) is 0 Å². The lowest BCUT2D eigenvalue weighted by molar-refractivity contribution is -0.118. The maximum absolute atomic E-state index is 10.6. The van der Waals surface area contributed by atoms with E-state index in [1.54, 1.807) is 6.07 Å². The largest absolute Gasteiger partial charge is 0.370 e. The topological polar surface area (TPSA) is 80.9 Å². The summed E-state index contributed by atoms with van der Waals surface area (Å²) in [6.45, 7) is 2.70. The van der Waals surface area contributed by atoms with Crippen molar-refractivity contribution < 1.29 is 4.79 Å². The number of aryl methyl sites for hydroxylation is 1. The first kappa shape index (κ1) is 13.7. The molecule has 0 aliphatic carbocycles. The molecule has 1 aromatic heterocycles. The minimum absolute atomic E-state index is 0.292. The molecule has 1 rings (SSSR count). The van der Waals surface area contributed by atoms with Gasteiger partial charge >= 0.3 is 0 Å². The monoisotopic (exact) mass is 256 g/mol. The molecule has 6 heteroatoms. The predicted octanol–water partition coefficient (Wildman–Crippen LogP) is 1.76. The lowest BCUT2D eigenvalue weighted by Crippen LogP contribution is -2.13. The molecule has 17 heavy (non-hydrogen) atoms. The van der Waals surface area contributed by atoms with Gasteiger partial charge in [0.2, 0.25) is 5.91 Å². The summed E-state index contributed by atoms with van der Waals surface area (Å²) in [5, 5.41) is 3.53. The number of nitrogens with one attached hydrogen (secondary N) is 1. The van der Waals surface area contributed by atoms with Crippen LogP contribution >= 0.6 is 11.6 Å². The fraction of sp³-hybridized carbons (Fsp3) is 0.545. The fourth-order valence-electron chi connectivity index (χ4n) is 1.37. The van der Waals surface area contributed by atoms with Crippen molar-refractivity contribution in [3.8, 4) is 0 Å². The molecule has 3 N–H and O–H groups in total. The maximum atomic E-state index is 10.6.